The molecule has 9 heteroatoms. The first-order valence-corrected chi connectivity index (χ1v) is 14.2. The van der Waals surface area contributed by atoms with Crippen molar-refractivity contribution in [2.75, 3.05) is 11.9 Å². The lowest BCUT2D eigenvalue weighted by molar-refractivity contribution is -0.138. The summed E-state index contributed by atoms with van der Waals surface area (Å²) >= 11 is 7.20. The third-order valence-electron chi connectivity index (χ3n) is 6.78. The van der Waals surface area contributed by atoms with Gasteiger partial charge in [-0.2, -0.15) is 0 Å². The predicted octanol–water partition coefficient (Wildman–Crippen LogP) is 4.29. The third-order valence-corrected chi connectivity index (χ3v) is 8.14. The Balaban J connectivity index is 1.82. The first-order valence-electron chi connectivity index (χ1n) is 13.0. The number of thiazole rings is 1. The van der Waals surface area contributed by atoms with Crippen LogP contribution in [0.3, 0.4) is 0 Å². The van der Waals surface area contributed by atoms with Gasteiger partial charge in [0.15, 0.2) is 0 Å². The molecule has 1 aliphatic heterocycles. The minimum Gasteiger partial charge on any atom is -0.463 e. The molecule has 1 atom stereocenters. The zero-order chi connectivity index (χ0) is 29.3. The second-order valence-electron chi connectivity index (χ2n) is 9.70. The van der Waals surface area contributed by atoms with Crippen molar-refractivity contribution in [3.63, 3.8) is 0 Å². The van der Waals surface area contributed by atoms with Crippen molar-refractivity contribution in [1.82, 2.24) is 4.57 Å². The van der Waals surface area contributed by atoms with Gasteiger partial charge in [0.25, 0.3) is 11.5 Å². The molecular formula is C32H28ClN3O4S. The van der Waals surface area contributed by atoms with Gasteiger partial charge in [-0.3, -0.25) is 14.2 Å². The van der Waals surface area contributed by atoms with Gasteiger partial charge in [0.05, 0.1) is 28.2 Å². The van der Waals surface area contributed by atoms with Gasteiger partial charge in [0, 0.05) is 10.7 Å². The van der Waals surface area contributed by atoms with Crippen LogP contribution in [0.25, 0.3) is 17.5 Å². The molecule has 7 nitrogen and oxygen atoms in total. The highest BCUT2D eigenvalue weighted by atomic mass is 35.5. The maximum Gasteiger partial charge on any atom is 0.338 e. The number of hydrogen-bond acceptors (Lipinski definition) is 6. The average molecular weight is 586 g/mol. The molecule has 1 unspecified atom stereocenters. The quantitative estimate of drug-likeness (QED) is 0.329. The lowest BCUT2D eigenvalue weighted by Crippen LogP contribution is -2.42. The fourth-order valence-electron chi connectivity index (χ4n) is 4.71. The summed E-state index contributed by atoms with van der Waals surface area (Å²) < 4.78 is 7.36. The van der Waals surface area contributed by atoms with E-state index in [2.05, 4.69) is 5.32 Å². The highest BCUT2D eigenvalue weighted by molar-refractivity contribution is 7.07. The van der Waals surface area contributed by atoms with Crippen LogP contribution in [0, 0.1) is 13.8 Å². The molecule has 208 valence electrons. The van der Waals surface area contributed by atoms with E-state index in [-0.39, 0.29) is 23.6 Å². The smallest absolute Gasteiger partial charge is 0.338 e. The Hall–Kier alpha value is -4.40. The second kappa shape index (κ2) is 11.6. The number of ether oxygens (including phenoxy) is 1. The van der Waals surface area contributed by atoms with Gasteiger partial charge in [-0.15, -0.1) is 11.3 Å². The van der Waals surface area contributed by atoms with Crippen LogP contribution in [0.4, 0.5) is 5.69 Å². The van der Waals surface area contributed by atoms with E-state index in [9.17, 15) is 14.4 Å². The number of aryl methyl sites for hydroxylation is 2. The second-order valence-corrected chi connectivity index (χ2v) is 11.2. The van der Waals surface area contributed by atoms with Crippen LogP contribution in [-0.4, -0.2) is 23.1 Å². The molecule has 4 aromatic rings. The van der Waals surface area contributed by atoms with Crippen molar-refractivity contribution in [2.45, 2.75) is 26.7 Å². The van der Waals surface area contributed by atoms with Crippen LogP contribution in [0.2, 0.25) is 5.02 Å². The molecule has 41 heavy (non-hydrogen) atoms. The summed E-state index contributed by atoms with van der Waals surface area (Å²) in [6.07, 6.45) is 1.75. The Labute approximate surface area is 245 Å². The standard InChI is InChI=1S/C32H28ClN3O4S/c1-4-40-32(39)26-25(21-11-7-19(3)8-12-21)27(29(37)35-23-15-13-22(33)14-16-23)31-36(28(26)34)30(38)24(41-31)17-20-9-5-18(2)6-10-20/h5-17,25H,4,34H2,1-3H3,(H,35,37)/b24-17-. The molecule has 0 saturated carbocycles. The van der Waals surface area contributed by atoms with Crippen molar-refractivity contribution in [2.24, 2.45) is 5.73 Å². The van der Waals surface area contributed by atoms with Gasteiger partial charge in [-0.25, -0.2) is 4.79 Å². The normalized spacial score (nSPS) is 15.1. The number of benzene rings is 3. The minimum atomic E-state index is -0.882. The molecule has 1 aromatic heterocycles. The SMILES string of the molecule is CCOC(=O)C1=C(N)n2c(s/c(=C\c3ccc(C)cc3)c2=O)=C(C(=O)Nc2ccc(Cl)cc2)C1c1ccc(C)cc1. The summed E-state index contributed by atoms with van der Waals surface area (Å²) in [7, 11) is 0. The molecule has 1 aliphatic rings. The summed E-state index contributed by atoms with van der Waals surface area (Å²) in [5, 5.41) is 3.44. The summed E-state index contributed by atoms with van der Waals surface area (Å²) in [5.74, 6) is -2.12. The first-order chi connectivity index (χ1) is 19.7. The number of carbonyl (C=O) groups is 2. The molecule has 0 aliphatic carbocycles. The lowest BCUT2D eigenvalue weighted by Gasteiger charge is -2.27. The average Bonchev–Trinajstić information content (AvgIpc) is 3.27. The highest BCUT2D eigenvalue weighted by Gasteiger charge is 2.39. The van der Waals surface area contributed by atoms with E-state index in [0.29, 0.717) is 25.5 Å². The molecule has 0 spiro atoms. The number of carbonyl (C=O) groups excluding carboxylic acids is 2. The zero-order valence-corrected chi connectivity index (χ0v) is 24.3. The molecule has 0 bridgehead atoms. The Kier molecular flexibility index (Phi) is 7.97. The van der Waals surface area contributed by atoms with Crippen LogP contribution < -0.4 is 25.8 Å². The fourth-order valence-corrected chi connectivity index (χ4v) is 6.02. The van der Waals surface area contributed by atoms with E-state index < -0.39 is 23.4 Å². The molecule has 3 aromatic carbocycles. The number of nitrogens with two attached hydrogens (primary N) is 1. The molecule has 0 radical (unpaired) electrons. The summed E-state index contributed by atoms with van der Waals surface area (Å²) in [6.45, 7) is 5.72. The van der Waals surface area contributed by atoms with Gasteiger partial charge in [-0.05, 0) is 62.2 Å². The van der Waals surface area contributed by atoms with E-state index in [0.717, 1.165) is 28.0 Å². The summed E-state index contributed by atoms with van der Waals surface area (Å²) in [6, 6.07) is 21.9. The van der Waals surface area contributed by atoms with Gasteiger partial charge in [0.2, 0.25) is 0 Å². The molecule has 2 heterocycles. The van der Waals surface area contributed by atoms with Crippen molar-refractivity contribution in [3.8, 4) is 0 Å². The van der Waals surface area contributed by atoms with Gasteiger partial charge in [-0.1, -0.05) is 71.3 Å². The van der Waals surface area contributed by atoms with Crippen molar-refractivity contribution in [1.29, 1.82) is 0 Å². The van der Waals surface area contributed by atoms with Crippen LogP contribution in [0.1, 0.15) is 35.1 Å². The molecule has 5 rings (SSSR count). The zero-order valence-electron chi connectivity index (χ0n) is 22.7. The predicted molar refractivity (Wildman–Crippen MR) is 164 cm³/mol. The number of hydrogen-bond donors (Lipinski definition) is 2. The molecule has 0 fully saturated rings. The van der Waals surface area contributed by atoms with E-state index in [1.165, 1.54) is 4.57 Å². The van der Waals surface area contributed by atoms with Gasteiger partial charge in [0.1, 0.15) is 10.5 Å². The maximum atomic E-state index is 14.1. The van der Waals surface area contributed by atoms with Crippen LogP contribution in [-0.2, 0) is 14.3 Å². The maximum absolute atomic E-state index is 14.1. The third kappa shape index (κ3) is 5.62. The number of fused-ring (bicyclic) bond motifs is 1. The van der Waals surface area contributed by atoms with Crippen molar-refractivity contribution >= 4 is 58.0 Å². The number of esters is 1. The van der Waals surface area contributed by atoms with Crippen LogP contribution >= 0.6 is 22.9 Å². The first kappa shape index (κ1) is 28.1. The van der Waals surface area contributed by atoms with E-state index >= 15 is 0 Å². The number of rotatable bonds is 6. The molecular weight excluding hydrogens is 558 g/mol. The van der Waals surface area contributed by atoms with E-state index in [4.69, 9.17) is 22.1 Å². The minimum absolute atomic E-state index is 0.0336. The van der Waals surface area contributed by atoms with Crippen molar-refractivity contribution in [3.05, 3.63) is 125 Å². The van der Waals surface area contributed by atoms with E-state index in [1.54, 1.807) is 37.3 Å². The monoisotopic (exact) mass is 585 g/mol. The van der Waals surface area contributed by atoms with Crippen LogP contribution in [0.15, 0.2) is 83.2 Å². The Morgan fingerprint density at radius 3 is 2.20 bits per heavy atom. The number of halogens is 1. The summed E-state index contributed by atoms with van der Waals surface area (Å²) in [4.78, 5) is 41.3. The fraction of sp³-hybridized carbons (Fsp3) is 0.156. The number of anilines is 1. The molecule has 0 saturated heterocycles. The largest absolute Gasteiger partial charge is 0.463 e. The van der Waals surface area contributed by atoms with Crippen molar-refractivity contribution < 1.29 is 14.3 Å². The number of amides is 1. The van der Waals surface area contributed by atoms with Gasteiger partial charge < -0.3 is 15.8 Å². The van der Waals surface area contributed by atoms with E-state index in [1.807, 2.05) is 62.4 Å². The van der Waals surface area contributed by atoms with Gasteiger partial charge >= 0.3 is 5.97 Å². The number of nitrogens with zero attached hydrogens (tertiary/aromatic N) is 1. The molecule has 3 N–H and O–H groups in total. The molecule has 1 amide bonds. The topological polar surface area (TPSA) is 103 Å². The highest BCUT2D eigenvalue weighted by Crippen LogP contribution is 2.38. The number of aromatic nitrogens is 1. The Morgan fingerprint density at radius 1 is 0.976 bits per heavy atom. The summed E-state index contributed by atoms with van der Waals surface area (Å²) in [5.41, 5.74) is 10.5. The Bertz CT molecular complexity index is 1850. The lowest BCUT2D eigenvalue weighted by atomic mass is 9.82. The number of nitrogens with one attached hydrogen (secondary N) is 1. The Morgan fingerprint density at radius 2 is 1.59 bits per heavy atom. The van der Waals surface area contributed by atoms with Crippen LogP contribution in [0.5, 0.6) is 0 Å².